The number of benzene rings is 1. The van der Waals surface area contributed by atoms with E-state index in [1.54, 1.807) is 0 Å². The van der Waals surface area contributed by atoms with Crippen LogP contribution in [-0.4, -0.2) is 30.9 Å². The highest BCUT2D eigenvalue weighted by Crippen LogP contribution is 2.16. The van der Waals surface area contributed by atoms with Crippen LogP contribution >= 0.6 is 12.4 Å². The molecule has 1 saturated heterocycles. The summed E-state index contributed by atoms with van der Waals surface area (Å²) < 4.78 is 0. The molecule has 1 amide bonds. The van der Waals surface area contributed by atoms with Crippen LogP contribution in [0.2, 0.25) is 0 Å². The molecule has 1 aliphatic heterocycles. The number of nitrogens with zero attached hydrogens (tertiary/aromatic N) is 1. The molecule has 3 nitrogen and oxygen atoms in total. The van der Waals surface area contributed by atoms with E-state index < -0.39 is 0 Å². The Morgan fingerprint density at radius 2 is 1.75 bits per heavy atom. The Kier molecular flexibility index (Phi) is 7.03. The van der Waals surface area contributed by atoms with Gasteiger partial charge in [-0.1, -0.05) is 31.2 Å². The molecule has 1 aliphatic rings. The number of halogens is 1. The SMILES string of the molecule is CCc1ccc(CN(C)C(=O)C2CCNCC2)cc1.Cl. The van der Waals surface area contributed by atoms with Crippen molar-refractivity contribution in [1.29, 1.82) is 0 Å². The van der Waals surface area contributed by atoms with Crippen molar-refractivity contribution in [1.82, 2.24) is 10.2 Å². The summed E-state index contributed by atoms with van der Waals surface area (Å²) in [7, 11) is 1.91. The lowest BCUT2D eigenvalue weighted by Gasteiger charge is -2.27. The fourth-order valence-electron chi connectivity index (χ4n) is 2.61. The van der Waals surface area contributed by atoms with Gasteiger partial charge >= 0.3 is 0 Å². The minimum absolute atomic E-state index is 0. The fraction of sp³-hybridized carbons (Fsp3) is 0.562. The van der Waals surface area contributed by atoms with Crippen molar-refractivity contribution in [2.24, 2.45) is 5.92 Å². The van der Waals surface area contributed by atoms with Gasteiger partial charge in [-0.2, -0.15) is 0 Å². The van der Waals surface area contributed by atoms with E-state index in [9.17, 15) is 4.79 Å². The van der Waals surface area contributed by atoms with E-state index in [0.717, 1.165) is 32.4 Å². The molecule has 1 aromatic carbocycles. The number of carbonyl (C=O) groups excluding carboxylic acids is 1. The first kappa shape index (κ1) is 17.0. The molecule has 0 aromatic heterocycles. The molecular weight excluding hydrogens is 272 g/mol. The Morgan fingerprint density at radius 3 is 2.30 bits per heavy atom. The summed E-state index contributed by atoms with van der Waals surface area (Å²) in [5.41, 5.74) is 2.55. The van der Waals surface area contributed by atoms with Crippen LogP contribution in [0, 0.1) is 5.92 Å². The van der Waals surface area contributed by atoms with Crippen LogP contribution in [-0.2, 0) is 17.8 Å². The van der Waals surface area contributed by atoms with Crippen LogP contribution in [0.5, 0.6) is 0 Å². The van der Waals surface area contributed by atoms with Gasteiger partial charge in [0.1, 0.15) is 0 Å². The highest BCUT2D eigenvalue weighted by Gasteiger charge is 2.23. The van der Waals surface area contributed by atoms with Crippen molar-refractivity contribution in [3.8, 4) is 0 Å². The molecule has 20 heavy (non-hydrogen) atoms. The van der Waals surface area contributed by atoms with E-state index in [1.165, 1.54) is 11.1 Å². The van der Waals surface area contributed by atoms with E-state index in [0.29, 0.717) is 12.5 Å². The summed E-state index contributed by atoms with van der Waals surface area (Å²) in [4.78, 5) is 14.2. The lowest BCUT2D eigenvalue weighted by Crippen LogP contribution is -2.38. The number of amides is 1. The number of hydrogen-bond donors (Lipinski definition) is 1. The van der Waals surface area contributed by atoms with Gasteiger partial charge in [0.25, 0.3) is 0 Å². The number of piperidine rings is 1. The number of carbonyl (C=O) groups is 1. The topological polar surface area (TPSA) is 32.3 Å². The molecule has 112 valence electrons. The molecule has 1 aromatic rings. The zero-order chi connectivity index (χ0) is 13.7. The minimum Gasteiger partial charge on any atom is -0.341 e. The van der Waals surface area contributed by atoms with E-state index in [2.05, 4.69) is 36.5 Å². The molecule has 0 aliphatic carbocycles. The van der Waals surface area contributed by atoms with Gasteiger partial charge in [-0.05, 0) is 43.5 Å². The summed E-state index contributed by atoms with van der Waals surface area (Å²) in [6.45, 7) is 4.80. The van der Waals surface area contributed by atoms with Crippen LogP contribution < -0.4 is 5.32 Å². The van der Waals surface area contributed by atoms with Crippen LogP contribution in [0.15, 0.2) is 24.3 Å². The monoisotopic (exact) mass is 296 g/mol. The molecule has 0 radical (unpaired) electrons. The van der Waals surface area contributed by atoms with Gasteiger partial charge in [0.05, 0.1) is 0 Å². The van der Waals surface area contributed by atoms with Gasteiger partial charge in [0, 0.05) is 19.5 Å². The lowest BCUT2D eigenvalue weighted by atomic mass is 9.96. The van der Waals surface area contributed by atoms with E-state index >= 15 is 0 Å². The maximum atomic E-state index is 12.3. The molecule has 1 heterocycles. The second kappa shape index (κ2) is 8.28. The standard InChI is InChI=1S/C16H24N2O.ClH/c1-3-13-4-6-14(7-5-13)12-18(2)16(19)15-8-10-17-11-9-15;/h4-7,15,17H,3,8-12H2,1-2H3;1H. The van der Waals surface area contributed by atoms with Gasteiger partial charge in [-0.3, -0.25) is 4.79 Å². The van der Waals surface area contributed by atoms with Crippen molar-refractivity contribution in [2.45, 2.75) is 32.7 Å². The van der Waals surface area contributed by atoms with Crippen molar-refractivity contribution in [3.05, 3.63) is 35.4 Å². The van der Waals surface area contributed by atoms with Crippen molar-refractivity contribution in [2.75, 3.05) is 20.1 Å². The van der Waals surface area contributed by atoms with Gasteiger partial charge < -0.3 is 10.2 Å². The molecule has 0 saturated carbocycles. The number of hydrogen-bond acceptors (Lipinski definition) is 2. The summed E-state index contributed by atoms with van der Waals surface area (Å²) >= 11 is 0. The molecule has 1 fully saturated rings. The van der Waals surface area contributed by atoms with Gasteiger partial charge in [-0.15, -0.1) is 12.4 Å². The largest absolute Gasteiger partial charge is 0.341 e. The Labute approximate surface area is 128 Å². The Morgan fingerprint density at radius 1 is 1.20 bits per heavy atom. The smallest absolute Gasteiger partial charge is 0.225 e. The maximum Gasteiger partial charge on any atom is 0.225 e. The molecule has 0 bridgehead atoms. The third-order valence-electron chi connectivity index (χ3n) is 3.92. The van der Waals surface area contributed by atoms with Crippen molar-refractivity contribution >= 4 is 18.3 Å². The number of nitrogens with one attached hydrogen (secondary N) is 1. The zero-order valence-electron chi connectivity index (χ0n) is 12.4. The average molecular weight is 297 g/mol. The predicted octanol–water partition coefficient (Wildman–Crippen LogP) is 2.63. The quantitative estimate of drug-likeness (QED) is 0.926. The summed E-state index contributed by atoms with van der Waals surface area (Å²) in [6.07, 6.45) is 3.00. The van der Waals surface area contributed by atoms with E-state index in [1.807, 2.05) is 11.9 Å². The summed E-state index contributed by atoms with van der Waals surface area (Å²) in [6, 6.07) is 8.56. The van der Waals surface area contributed by atoms with Crippen molar-refractivity contribution in [3.63, 3.8) is 0 Å². The first-order valence-corrected chi connectivity index (χ1v) is 7.24. The second-order valence-electron chi connectivity index (χ2n) is 5.39. The Balaban J connectivity index is 0.00000200. The highest BCUT2D eigenvalue weighted by atomic mass is 35.5. The van der Waals surface area contributed by atoms with Crippen LogP contribution in [0.4, 0.5) is 0 Å². The normalized spacial score (nSPS) is 15.5. The third-order valence-corrected chi connectivity index (χ3v) is 3.92. The van der Waals surface area contributed by atoms with E-state index in [-0.39, 0.29) is 18.3 Å². The molecule has 1 N–H and O–H groups in total. The highest BCUT2D eigenvalue weighted by molar-refractivity contribution is 5.85. The van der Waals surface area contributed by atoms with Crippen molar-refractivity contribution < 1.29 is 4.79 Å². The fourth-order valence-corrected chi connectivity index (χ4v) is 2.61. The summed E-state index contributed by atoms with van der Waals surface area (Å²) in [5.74, 6) is 0.502. The molecule has 0 atom stereocenters. The molecular formula is C16H25ClN2O. The molecule has 2 rings (SSSR count). The molecule has 0 spiro atoms. The number of aryl methyl sites for hydroxylation is 1. The molecule has 4 heteroatoms. The van der Waals surface area contributed by atoms with Crippen LogP contribution in [0.1, 0.15) is 30.9 Å². The van der Waals surface area contributed by atoms with Crippen LogP contribution in [0.25, 0.3) is 0 Å². The first-order valence-electron chi connectivity index (χ1n) is 7.24. The summed E-state index contributed by atoms with van der Waals surface area (Å²) in [5, 5.41) is 3.30. The van der Waals surface area contributed by atoms with Crippen LogP contribution in [0.3, 0.4) is 0 Å². The zero-order valence-corrected chi connectivity index (χ0v) is 13.2. The first-order chi connectivity index (χ1) is 9.20. The predicted molar refractivity (Wildman–Crippen MR) is 85.1 cm³/mol. The van der Waals surface area contributed by atoms with E-state index in [4.69, 9.17) is 0 Å². The Hall–Kier alpha value is -1.06. The van der Waals surface area contributed by atoms with Gasteiger partial charge in [0.2, 0.25) is 5.91 Å². The minimum atomic E-state index is 0. The molecule has 0 unspecified atom stereocenters. The number of rotatable bonds is 4. The second-order valence-corrected chi connectivity index (χ2v) is 5.39. The average Bonchev–Trinajstić information content (AvgIpc) is 2.48. The van der Waals surface area contributed by atoms with Gasteiger partial charge in [-0.25, -0.2) is 0 Å². The third kappa shape index (κ3) is 4.50. The maximum absolute atomic E-state index is 12.3. The Bertz CT molecular complexity index is 413. The lowest BCUT2D eigenvalue weighted by molar-refractivity contribution is -0.135. The van der Waals surface area contributed by atoms with Gasteiger partial charge in [0.15, 0.2) is 0 Å².